The maximum absolute atomic E-state index is 11.6. The zero-order valence-electron chi connectivity index (χ0n) is 10.9. The monoisotopic (exact) mass is 229 g/mol. The Bertz CT molecular complexity index is 558. The van der Waals surface area contributed by atoms with Gasteiger partial charge in [0.05, 0.1) is 5.52 Å². The molecular weight excluding hydrogens is 210 g/mol. The van der Waals surface area contributed by atoms with Crippen LogP contribution in [0.25, 0.3) is 10.9 Å². The van der Waals surface area contributed by atoms with E-state index in [-0.39, 0.29) is 11.3 Å². The molecule has 0 spiro atoms. The number of nitrogens with zero attached hydrogens (tertiary/aromatic N) is 1. The molecule has 0 N–H and O–H groups in total. The van der Waals surface area contributed by atoms with Crippen LogP contribution in [0.3, 0.4) is 0 Å². The van der Waals surface area contributed by atoms with Crippen molar-refractivity contribution >= 4 is 16.8 Å². The van der Waals surface area contributed by atoms with Crippen LogP contribution in [0.2, 0.25) is 0 Å². The Kier molecular flexibility index (Phi) is 2.82. The molecule has 0 amide bonds. The molecule has 0 bridgehead atoms. The molecule has 0 saturated heterocycles. The Balaban J connectivity index is 2.61. The molecule has 2 heteroatoms. The van der Waals surface area contributed by atoms with Gasteiger partial charge in [-0.05, 0) is 23.5 Å². The summed E-state index contributed by atoms with van der Waals surface area (Å²) in [5.74, 6) is 0.0707. The van der Waals surface area contributed by atoms with Crippen LogP contribution in [-0.4, -0.2) is 10.5 Å². The molecule has 0 atom stereocenters. The summed E-state index contributed by atoms with van der Waals surface area (Å²) < 4.78 is 1.75. The van der Waals surface area contributed by atoms with Crippen molar-refractivity contribution in [1.29, 1.82) is 0 Å². The van der Waals surface area contributed by atoms with Crippen molar-refractivity contribution in [2.45, 2.75) is 34.1 Å². The average molecular weight is 229 g/mol. The number of carbonyl (C=O) groups excluding carboxylic acids is 1. The molecule has 0 aliphatic carbocycles. The van der Waals surface area contributed by atoms with Gasteiger partial charge in [0.1, 0.15) is 0 Å². The predicted molar refractivity (Wildman–Crippen MR) is 71.4 cm³/mol. The lowest BCUT2D eigenvalue weighted by Crippen LogP contribution is -2.09. The third kappa shape index (κ3) is 2.41. The summed E-state index contributed by atoms with van der Waals surface area (Å²) in [6.45, 7) is 8.25. The van der Waals surface area contributed by atoms with Crippen LogP contribution >= 0.6 is 0 Å². The summed E-state index contributed by atoms with van der Waals surface area (Å²) in [5, 5.41) is 1.19. The molecule has 0 unspecified atom stereocenters. The van der Waals surface area contributed by atoms with Crippen LogP contribution in [0, 0.1) is 5.41 Å². The Labute approximate surface area is 102 Å². The number of carbonyl (C=O) groups is 1. The molecule has 0 aliphatic heterocycles. The van der Waals surface area contributed by atoms with Crippen molar-refractivity contribution in [3.63, 3.8) is 0 Å². The first-order valence-corrected chi connectivity index (χ1v) is 5.98. The van der Waals surface area contributed by atoms with E-state index in [0.29, 0.717) is 0 Å². The quantitative estimate of drug-likeness (QED) is 0.727. The number of benzene rings is 1. The molecule has 0 saturated carbocycles. The lowest BCUT2D eigenvalue weighted by Gasteiger charge is -2.17. The molecule has 2 nitrogen and oxygen atoms in total. The van der Waals surface area contributed by atoms with Gasteiger partial charge in [-0.25, -0.2) is 0 Å². The van der Waals surface area contributed by atoms with Crippen molar-refractivity contribution in [3.05, 3.63) is 36.0 Å². The van der Waals surface area contributed by atoms with Gasteiger partial charge in [-0.1, -0.05) is 39.0 Å². The highest BCUT2D eigenvalue weighted by molar-refractivity contribution is 5.93. The minimum atomic E-state index is 0.0707. The largest absolute Gasteiger partial charge is 0.287 e. The molecule has 0 aliphatic rings. The maximum Gasteiger partial charge on any atom is 0.227 e. The Morgan fingerprint density at radius 2 is 1.88 bits per heavy atom. The molecule has 1 heterocycles. The molecule has 1 aromatic carbocycles. The summed E-state index contributed by atoms with van der Waals surface area (Å²) in [4.78, 5) is 11.6. The maximum atomic E-state index is 11.6. The van der Waals surface area contributed by atoms with E-state index in [4.69, 9.17) is 0 Å². The molecule has 2 rings (SSSR count). The van der Waals surface area contributed by atoms with Gasteiger partial charge in [0.15, 0.2) is 0 Å². The number of para-hydroxylation sites is 1. The molecule has 0 fully saturated rings. The zero-order chi connectivity index (χ0) is 12.6. The van der Waals surface area contributed by atoms with Gasteiger partial charge in [-0.3, -0.25) is 9.36 Å². The minimum absolute atomic E-state index is 0.0707. The Hall–Kier alpha value is -1.57. The van der Waals surface area contributed by atoms with Crippen molar-refractivity contribution in [2.24, 2.45) is 5.41 Å². The summed E-state index contributed by atoms with van der Waals surface area (Å²) in [6, 6.07) is 8.10. The van der Waals surface area contributed by atoms with Gasteiger partial charge in [-0.2, -0.15) is 0 Å². The molecule has 17 heavy (non-hydrogen) atoms. The van der Waals surface area contributed by atoms with Crippen molar-refractivity contribution in [1.82, 2.24) is 4.57 Å². The molecule has 90 valence electrons. The van der Waals surface area contributed by atoms with Crippen LogP contribution < -0.4 is 0 Å². The van der Waals surface area contributed by atoms with E-state index < -0.39 is 0 Å². The highest BCUT2D eigenvalue weighted by Gasteiger charge is 2.16. The van der Waals surface area contributed by atoms with Gasteiger partial charge >= 0.3 is 0 Å². The summed E-state index contributed by atoms with van der Waals surface area (Å²) in [5.41, 5.74) is 2.49. The fourth-order valence-corrected chi connectivity index (χ4v) is 2.22. The number of fused-ring (bicyclic) bond motifs is 1. The van der Waals surface area contributed by atoms with E-state index in [9.17, 15) is 4.79 Å². The summed E-state index contributed by atoms with van der Waals surface area (Å²) in [6.07, 6.45) is 2.96. The fourth-order valence-electron chi connectivity index (χ4n) is 2.22. The first kappa shape index (κ1) is 11.9. The van der Waals surface area contributed by atoms with Crippen molar-refractivity contribution in [3.8, 4) is 0 Å². The minimum Gasteiger partial charge on any atom is -0.287 e. The second kappa shape index (κ2) is 4.02. The van der Waals surface area contributed by atoms with E-state index in [1.54, 1.807) is 11.5 Å². The van der Waals surface area contributed by atoms with Crippen molar-refractivity contribution < 1.29 is 4.79 Å². The van der Waals surface area contributed by atoms with Gasteiger partial charge < -0.3 is 0 Å². The molecule has 2 aromatic rings. The van der Waals surface area contributed by atoms with Crippen LogP contribution in [0.5, 0.6) is 0 Å². The van der Waals surface area contributed by atoms with Crippen LogP contribution in [0.15, 0.2) is 30.5 Å². The normalized spacial score (nSPS) is 12.0. The average Bonchev–Trinajstić information content (AvgIpc) is 2.55. The standard InChI is InChI=1S/C15H19NO/c1-11(17)16-10-12(9-15(2,3)4)13-7-5-6-8-14(13)16/h5-8,10H,9H2,1-4H3. The second-order valence-corrected chi connectivity index (χ2v) is 5.80. The lowest BCUT2D eigenvalue weighted by atomic mass is 9.88. The molecular formula is C15H19NO. The third-order valence-corrected chi connectivity index (χ3v) is 2.85. The van der Waals surface area contributed by atoms with Crippen LogP contribution in [-0.2, 0) is 6.42 Å². The van der Waals surface area contributed by atoms with E-state index in [2.05, 4.69) is 26.8 Å². The summed E-state index contributed by atoms with van der Waals surface area (Å²) in [7, 11) is 0. The predicted octanol–water partition coefficient (Wildman–Crippen LogP) is 3.89. The molecule has 1 aromatic heterocycles. The Morgan fingerprint density at radius 1 is 1.24 bits per heavy atom. The second-order valence-electron chi connectivity index (χ2n) is 5.80. The zero-order valence-corrected chi connectivity index (χ0v) is 10.9. The highest BCUT2D eigenvalue weighted by atomic mass is 16.1. The number of rotatable bonds is 1. The lowest BCUT2D eigenvalue weighted by molar-refractivity contribution is 0.0941. The van der Waals surface area contributed by atoms with Crippen LogP contribution in [0.4, 0.5) is 0 Å². The van der Waals surface area contributed by atoms with Gasteiger partial charge in [0.2, 0.25) is 5.91 Å². The first-order chi connectivity index (χ1) is 7.88. The van der Waals surface area contributed by atoms with Gasteiger partial charge in [-0.15, -0.1) is 0 Å². The SMILES string of the molecule is CC(=O)n1cc(CC(C)(C)C)c2ccccc21. The number of aromatic nitrogens is 1. The smallest absolute Gasteiger partial charge is 0.227 e. The highest BCUT2D eigenvalue weighted by Crippen LogP contribution is 2.28. The van der Waals surface area contributed by atoms with Gasteiger partial charge in [0.25, 0.3) is 0 Å². The summed E-state index contributed by atoms with van der Waals surface area (Å²) >= 11 is 0. The van der Waals surface area contributed by atoms with E-state index in [1.165, 1.54) is 10.9 Å². The molecule has 0 radical (unpaired) electrons. The van der Waals surface area contributed by atoms with Crippen molar-refractivity contribution in [2.75, 3.05) is 0 Å². The number of hydrogen-bond acceptors (Lipinski definition) is 1. The third-order valence-electron chi connectivity index (χ3n) is 2.85. The fraction of sp³-hybridized carbons (Fsp3) is 0.400. The van der Waals surface area contributed by atoms with E-state index >= 15 is 0 Å². The van der Waals surface area contributed by atoms with Crippen LogP contribution in [0.1, 0.15) is 38.1 Å². The first-order valence-electron chi connectivity index (χ1n) is 5.98. The van der Waals surface area contributed by atoms with E-state index in [0.717, 1.165) is 11.9 Å². The van der Waals surface area contributed by atoms with E-state index in [1.807, 2.05) is 24.4 Å². The topological polar surface area (TPSA) is 22.0 Å². The van der Waals surface area contributed by atoms with Gasteiger partial charge in [0, 0.05) is 18.5 Å². The Morgan fingerprint density at radius 3 is 2.47 bits per heavy atom. The number of hydrogen-bond donors (Lipinski definition) is 0.